The molecule has 4 rings (SSSR count). The zero-order valence-corrected chi connectivity index (χ0v) is 19.4. The summed E-state index contributed by atoms with van der Waals surface area (Å²) in [7, 11) is -3.60. The fourth-order valence-electron chi connectivity index (χ4n) is 3.31. The molecule has 2 aromatic carbocycles. The van der Waals surface area contributed by atoms with Crippen molar-refractivity contribution < 1.29 is 22.7 Å². The van der Waals surface area contributed by atoms with Crippen LogP contribution in [0.4, 0.5) is 0 Å². The number of nitrogens with zero attached hydrogens (tertiary/aromatic N) is 1. The Labute approximate surface area is 193 Å². The van der Waals surface area contributed by atoms with E-state index in [0.29, 0.717) is 18.3 Å². The fraction of sp³-hybridized carbons (Fsp3) is 0.280. The molecule has 1 aliphatic rings. The molecule has 0 unspecified atom stereocenters. The number of aromatic nitrogens is 1. The van der Waals surface area contributed by atoms with E-state index in [2.05, 4.69) is 4.98 Å². The van der Waals surface area contributed by atoms with Crippen molar-refractivity contribution in [2.24, 2.45) is 5.92 Å². The number of nitrogens with one attached hydrogen (secondary N) is 1. The monoisotopic (exact) mass is 466 g/mol. The average Bonchev–Trinajstić information content (AvgIpc) is 3.60. The van der Waals surface area contributed by atoms with Gasteiger partial charge in [-0.15, -0.1) is 0 Å². The van der Waals surface area contributed by atoms with Crippen LogP contribution in [0.2, 0.25) is 0 Å². The number of rotatable bonds is 9. The van der Waals surface area contributed by atoms with E-state index in [1.165, 1.54) is 12.8 Å². The summed E-state index contributed by atoms with van der Waals surface area (Å²) >= 11 is 0. The number of ether oxygens (including phenoxy) is 2. The van der Waals surface area contributed by atoms with Gasteiger partial charge in [-0.2, -0.15) is 0 Å². The maximum absolute atomic E-state index is 11.9. The summed E-state index contributed by atoms with van der Waals surface area (Å²) in [6.45, 7) is 3.08. The number of hydrogen-bond acceptors (Lipinski definition) is 6. The molecule has 1 N–H and O–H groups in total. The highest BCUT2D eigenvalue weighted by molar-refractivity contribution is 7.89. The van der Waals surface area contributed by atoms with Crippen molar-refractivity contribution in [1.29, 1.82) is 0 Å². The van der Waals surface area contributed by atoms with Crippen molar-refractivity contribution in [2.75, 3.05) is 12.9 Å². The second kappa shape index (κ2) is 9.62. The smallest absolute Gasteiger partial charge is 0.264 e. The highest BCUT2D eigenvalue weighted by Gasteiger charge is 2.22. The lowest BCUT2D eigenvalue weighted by atomic mass is 10.1. The molecular formula is C25H26N2O5S. The summed E-state index contributed by atoms with van der Waals surface area (Å²) in [5.41, 5.74) is 3.97. The molecule has 0 atom stereocenters. The van der Waals surface area contributed by atoms with Crippen LogP contribution < -0.4 is 14.2 Å². The van der Waals surface area contributed by atoms with Crippen molar-refractivity contribution in [1.82, 2.24) is 9.71 Å². The van der Waals surface area contributed by atoms with Crippen molar-refractivity contribution >= 4 is 15.9 Å². The summed E-state index contributed by atoms with van der Waals surface area (Å²) in [4.78, 5) is 16.5. The lowest BCUT2D eigenvalue weighted by Gasteiger charge is -2.11. The number of aryl methyl sites for hydroxylation is 1. The highest BCUT2D eigenvalue weighted by atomic mass is 32.2. The quantitative estimate of drug-likeness (QED) is 0.510. The van der Waals surface area contributed by atoms with Crippen LogP contribution in [0.15, 0.2) is 60.8 Å². The molecule has 7 nitrogen and oxygen atoms in total. The molecule has 1 aromatic heterocycles. The molecule has 1 aliphatic carbocycles. The molecule has 0 radical (unpaired) electrons. The van der Waals surface area contributed by atoms with Gasteiger partial charge in [-0.05, 0) is 67.1 Å². The van der Waals surface area contributed by atoms with Crippen LogP contribution in [-0.2, 0) is 16.6 Å². The van der Waals surface area contributed by atoms with E-state index in [-0.39, 0.29) is 5.56 Å². The van der Waals surface area contributed by atoms with Crippen LogP contribution in [-0.4, -0.2) is 32.2 Å². The van der Waals surface area contributed by atoms with Crippen molar-refractivity contribution in [3.8, 4) is 22.8 Å². The summed E-state index contributed by atoms with van der Waals surface area (Å²) in [5.74, 6) is 1.52. The SMILES string of the molecule is Cc1cc(OCC2CC2)cnc1-c1cccc(OCc2ccc(C(=O)NS(C)(=O)=O)cc2)c1. The van der Waals surface area contributed by atoms with E-state index < -0.39 is 15.9 Å². The Morgan fingerprint density at radius 2 is 1.82 bits per heavy atom. The van der Waals surface area contributed by atoms with Crippen LogP contribution in [0, 0.1) is 12.8 Å². The summed E-state index contributed by atoms with van der Waals surface area (Å²) in [6, 6.07) is 16.3. The van der Waals surface area contributed by atoms with Crippen molar-refractivity contribution in [2.45, 2.75) is 26.4 Å². The lowest BCUT2D eigenvalue weighted by molar-refractivity contribution is 0.0981. The van der Waals surface area contributed by atoms with Crippen LogP contribution in [0.25, 0.3) is 11.3 Å². The Hall–Kier alpha value is -3.39. The van der Waals surface area contributed by atoms with Gasteiger partial charge in [-0.25, -0.2) is 13.1 Å². The number of carbonyl (C=O) groups excluding carboxylic acids is 1. The molecule has 0 spiro atoms. The normalized spacial score (nSPS) is 13.4. The third-order valence-electron chi connectivity index (χ3n) is 5.24. The largest absolute Gasteiger partial charge is 0.492 e. The number of pyridine rings is 1. The number of amides is 1. The number of carbonyl (C=O) groups is 1. The van der Waals surface area contributed by atoms with Crippen LogP contribution in [0.3, 0.4) is 0 Å². The van der Waals surface area contributed by atoms with Gasteiger partial charge in [-0.1, -0.05) is 24.3 Å². The van der Waals surface area contributed by atoms with Crippen LogP contribution in [0.5, 0.6) is 11.5 Å². The Morgan fingerprint density at radius 1 is 1.06 bits per heavy atom. The minimum atomic E-state index is -3.60. The number of hydrogen-bond donors (Lipinski definition) is 1. The number of sulfonamides is 1. The second-order valence-electron chi connectivity index (χ2n) is 8.31. The van der Waals surface area contributed by atoms with Crippen molar-refractivity contribution in [3.63, 3.8) is 0 Å². The minimum absolute atomic E-state index is 0.261. The Morgan fingerprint density at radius 3 is 2.48 bits per heavy atom. The molecule has 1 heterocycles. The Balaban J connectivity index is 1.38. The molecule has 8 heteroatoms. The first-order chi connectivity index (χ1) is 15.8. The van der Waals surface area contributed by atoms with E-state index in [4.69, 9.17) is 9.47 Å². The van der Waals surface area contributed by atoms with Gasteiger partial charge in [0.2, 0.25) is 10.0 Å². The van der Waals surface area contributed by atoms with E-state index in [1.54, 1.807) is 30.5 Å². The molecule has 0 bridgehead atoms. The van der Waals surface area contributed by atoms with Crippen LogP contribution >= 0.6 is 0 Å². The van der Waals surface area contributed by atoms with Gasteiger partial charge >= 0.3 is 0 Å². The Kier molecular flexibility index (Phi) is 6.65. The predicted molar refractivity (Wildman–Crippen MR) is 126 cm³/mol. The molecule has 1 amide bonds. The summed E-state index contributed by atoms with van der Waals surface area (Å²) in [5, 5.41) is 0. The molecular weight excluding hydrogens is 440 g/mol. The molecule has 1 saturated carbocycles. The summed E-state index contributed by atoms with van der Waals surface area (Å²) < 4.78 is 36.1. The molecule has 0 aliphatic heterocycles. The van der Waals surface area contributed by atoms with Gasteiger partial charge in [0.05, 0.1) is 24.8 Å². The standard InChI is InChI=1S/C25H26N2O5S/c1-17-12-23(32-16-18-6-7-18)14-26-24(17)21-4-3-5-22(13-21)31-15-19-8-10-20(11-9-19)25(28)27-33(2,29)30/h3-5,8-14,18H,6-7,15-16H2,1-2H3,(H,27,28). The van der Waals surface area contributed by atoms with Gasteiger partial charge in [0.25, 0.3) is 5.91 Å². The van der Waals surface area contributed by atoms with Crippen molar-refractivity contribution in [3.05, 3.63) is 77.5 Å². The first-order valence-corrected chi connectivity index (χ1v) is 12.6. The first-order valence-electron chi connectivity index (χ1n) is 10.7. The number of benzene rings is 2. The molecule has 3 aromatic rings. The maximum atomic E-state index is 11.9. The zero-order valence-electron chi connectivity index (χ0n) is 18.6. The van der Waals surface area contributed by atoms with Gasteiger partial charge in [0.1, 0.15) is 18.1 Å². The second-order valence-corrected chi connectivity index (χ2v) is 10.1. The third-order valence-corrected chi connectivity index (χ3v) is 5.80. The third kappa shape index (κ3) is 6.55. The van der Waals surface area contributed by atoms with Gasteiger partial charge in [0, 0.05) is 11.1 Å². The van der Waals surface area contributed by atoms with Crippen LogP contribution in [0.1, 0.15) is 34.3 Å². The molecule has 172 valence electrons. The van der Waals surface area contributed by atoms with Gasteiger partial charge in [-0.3, -0.25) is 9.78 Å². The molecule has 0 saturated heterocycles. The maximum Gasteiger partial charge on any atom is 0.264 e. The van der Waals surface area contributed by atoms with E-state index >= 15 is 0 Å². The average molecular weight is 467 g/mol. The van der Waals surface area contributed by atoms with E-state index in [9.17, 15) is 13.2 Å². The van der Waals surface area contributed by atoms with E-state index in [1.807, 2.05) is 42.0 Å². The lowest BCUT2D eigenvalue weighted by Crippen LogP contribution is -2.29. The molecule has 33 heavy (non-hydrogen) atoms. The predicted octanol–water partition coefficient (Wildman–Crippen LogP) is 4.11. The zero-order chi connectivity index (χ0) is 23.4. The summed E-state index contributed by atoms with van der Waals surface area (Å²) in [6.07, 6.45) is 5.20. The van der Waals surface area contributed by atoms with Gasteiger partial charge < -0.3 is 9.47 Å². The first kappa shape index (κ1) is 22.8. The Bertz CT molecular complexity index is 1250. The topological polar surface area (TPSA) is 94.6 Å². The van der Waals surface area contributed by atoms with E-state index in [0.717, 1.165) is 41.0 Å². The molecule has 1 fully saturated rings. The minimum Gasteiger partial charge on any atom is -0.492 e. The fourth-order valence-corrected chi connectivity index (χ4v) is 3.76. The van der Waals surface area contributed by atoms with Gasteiger partial charge in [0.15, 0.2) is 0 Å². The highest BCUT2D eigenvalue weighted by Crippen LogP contribution is 2.31.